The third kappa shape index (κ3) is 3.19. The molecular formula is C15H20O3. The first-order valence-corrected chi connectivity index (χ1v) is 6.18. The Balaban J connectivity index is 2.85. The Morgan fingerprint density at radius 3 is 2.56 bits per heavy atom. The Morgan fingerprint density at radius 1 is 1.39 bits per heavy atom. The van der Waals surface area contributed by atoms with Crippen LogP contribution in [0.3, 0.4) is 0 Å². The van der Waals surface area contributed by atoms with Crippen molar-refractivity contribution in [2.24, 2.45) is 5.92 Å². The lowest BCUT2D eigenvalue weighted by atomic mass is 9.86. The summed E-state index contributed by atoms with van der Waals surface area (Å²) in [6, 6.07) is 0. The molecule has 0 aliphatic heterocycles. The summed E-state index contributed by atoms with van der Waals surface area (Å²) in [7, 11) is 0. The molecule has 0 saturated heterocycles. The number of carbonyl (C=O) groups is 2. The highest BCUT2D eigenvalue weighted by Gasteiger charge is 2.29. The largest absolute Gasteiger partial charge is 0.504 e. The van der Waals surface area contributed by atoms with Crippen molar-refractivity contribution in [2.45, 2.75) is 40.5 Å². The molecule has 18 heavy (non-hydrogen) atoms. The molecule has 98 valence electrons. The number of carbonyl (C=O) groups excluding carboxylic acids is 2. The van der Waals surface area contributed by atoms with Crippen LogP contribution < -0.4 is 0 Å². The number of aliphatic hydroxyl groups is 1. The third-order valence-corrected chi connectivity index (χ3v) is 3.09. The molecule has 0 fully saturated rings. The van der Waals surface area contributed by atoms with E-state index in [0.29, 0.717) is 5.57 Å². The van der Waals surface area contributed by atoms with Gasteiger partial charge in [-0.05, 0) is 45.6 Å². The maximum atomic E-state index is 11.8. The molecule has 1 atom stereocenters. The van der Waals surface area contributed by atoms with Gasteiger partial charge in [-0.15, -0.1) is 0 Å². The Labute approximate surface area is 108 Å². The fourth-order valence-corrected chi connectivity index (χ4v) is 2.01. The monoisotopic (exact) mass is 248 g/mol. The van der Waals surface area contributed by atoms with Crippen molar-refractivity contribution in [3.05, 3.63) is 34.6 Å². The standard InChI is InChI=1S/C15H20O3/c1-9(2)6-5-7-10(3)13-12(16)8-11(4)14(17)15(13)18/h6,8,10,18H,5,7H2,1-4H3/t10-/m0/s1. The first-order valence-electron chi connectivity index (χ1n) is 6.18. The van der Waals surface area contributed by atoms with Crippen molar-refractivity contribution in [1.82, 2.24) is 0 Å². The number of hydrogen-bond acceptors (Lipinski definition) is 3. The van der Waals surface area contributed by atoms with E-state index in [-0.39, 0.29) is 23.0 Å². The van der Waals surface area contributed by atoms with Crippen LogP contribution in [0.2, 0.25) is 0 Å². The number of rotatable bonds is 4. The van der Waals surface area contributed by atoms with Crippen molar-refractivity contribution in [3.8, 4) is 0 Å². The van der Waals surface area contributed by atoms with Gasteiger partial charge in [-0.1, -0.05) is 18.6 Å². The fraction of sp³-hybridized carbons (Fsp3) is 0.467. The number of allylic oxidation sites excluding steroid dienone is 5. The van der Waals surface area contributed by atoms with Crippen molar-refractivity contribution in [1.29, 1.82) is 0 Å². The molecule has 0 bridgehead atoms. The van der Waals surface area contributed by atoms with Gasteiger partial charge in [0.15, 0.2) is 11.5 Å². The van der Waals surface area contributed by atoms with Crippen LogP contribution in [0.25, 0.3) is 0 Å². The summed E-state index contributed by atoms with van der Waals surface area (Å²) in [5.74, 6) is -1.15. The smallest absolute Gasteiger partial charge is 0.223 e. The number of hydrogen-bond donors (Lipinski definition) is 1. The molecule has 0 spiro atoms. The lowest BCUT2D eigenvalue weighted by molar-refractivity contribution is -0.118. The first kappa shape index (κ1) is 14.4. The van der Waals surface area contributed by atoms with Gasteiger partial charge in [-0.2, -0.15) is 0 Å². The molecule has 1 N–H and O–H groups in total. The fourth-order valence-electron chi connectivity index (χ4n) is 2.01. The second-order valence-corrected chi connectivity index (χ2v) is 5.04. The van der Waals surface area contributed by atoms with Crippen LogP contribution in [-0.4, -0.2) is 16.7 Å². The summed E-state index contributed by atoms with van der Waals surface area (Å²) in [6.45, 7) is 7.44. The quantitative estimate of drug-likeness (QED) is 0.613. The average molecular weight is 248 g/mol. The van der Waals surface area contributed by atoms with Crippen molar-refractivity contribution in [2.75, 3.05) is 0 Å². The van der Waals surface area contributed by atoms with E-state index in [1.165, 1.54) is 11.6 Å². The second kappa shape index (κ2) is 5.80. The lowest BCUT2D eigenvalue weighted by Crippen LogP contribution is -2.22. The zero-order chi connectivity index (χ0) is 13.9. The maximum absolute atomic E-state index is 11.8. The molecule has 0 unspecified atom stereocenters. The van der Waals surface area contributed by atoms with Crippen molar-refractivity contribution < 1.29 is 14.7 Å². The van der Waals surface area contributed by atoms with E-state index in [1.54, 1.807) is 6.92 Å². The van der Waals surface area contributed by atoms with Gasteiger partial charge in [0.2, 0.25) is 5.78 Å². The van der Waals surface area contributed by atoms with Crippen molar-refractivity contribution >= 4 is 11.6 Å². The Hall–Kier alpha value is -1.64. The van der Waals surface area contributed by atoms with Gasteiger partial charge in [0.05, 0.1) is 0 Å². The van der Waals surface area contributed by atoms with E-state index in [1.807, 2.05) is 20.8 Å². The minimum Gasteiger partial charge on any atom is -0.504 e. The van der Waals surface area contributed by atoms with E-state index >= 15 is 0 Å². The first-order chi connectivity index (χ1) is 8.34. The second-order valence-electron chi connectivity index (χ2n) is 5.04. The topological polar surface area (TPSA) is 54.4 Å². The summed E-state index contributed by atoms with van der Waals surface area (Å²) in [5, 5.41) is 9.81. The van der Waals surface area contributed by atoms with Crippen LogP contribution >= 0.6 is 0 Å². The molecular weight excluding hydrogens is 228 g/mol. The molecule has 0 heterocycles. The molecule has 1 aliphatic rings. The average Bonchev–Trinajstić information content (AvgIpc) is 2.25. The number of Topliss-reactive ketones (excluding diaryl/α,β-unsaturated/α-hetero) is 1. The highest BCUT2D eigenvalue weighted by Crippen LogP contribution is 2.26. The van der Waals surface area contributed by atoms with E-state index in [9.17, 15) is 14.7 Å². The SMILES string of the molecule is CC(C)=CCC[C@H](C)C1=C(O)C(=O)C(C)=CC1=O. The Morgan fingerprint density at radius 2 is 2.00 bits per heavy atom. The predicted octanol–water partition coefficient (Wildman–Crippen LogP) is 3.28. The Kier molecular flexibility index (Phi) is 4.65. The minimum absolute atomic E-state index is 0.110. The van der Waals surface area contributed by atoms with Gasteiger partial charge >= 0.3 is 0 Å². The van der Waals surface area contributed by atoms with Gasteiger partial charge < -0.3 is 5.11 Å². The van der Waals surface area contributed by atoms with Crippen LogP contribution in [0, 0.1) is 5.92 Å². The van der Waals surface area contributed by atoms with E-state index < -0.39 is 5.78 Å². The van der Waals surface area contributed by atoms with Crippen LogP contribution in [0.5, 0.6) is 0 Å². The normalized spacial score (nSPS) is 17.7. The van der Waals surface area contributed by atoms with Crippen LogP contribution in [0.1, 0.15) is 40.5 Å². The van der Waals surface area contributed by atoms with E-state index in [2.05, 4.69) is 6.08 Å². The predicted molar refractivity (Wildman–Crippen MR) is 71.3 cm³/mol. The Bertz CT molecular complexity index is 460. The van der Waals surface area contributed by atoms with Crippen LogP contribution in [0.4, 0.5) is 0 Å². The molecule has 1 aliphatic carbocycles. The summed E-state index contributed by atoms with van der Waals surface area (Å²) >= 11 is 0. The maximum Gasteiger partial charge on any atom is 0.223 e. The van der Waals surface area contributed by atoms with Crippen molar-refractivity contribution in [3.63, 3.8) is 0 Å². The zero-order valence-electron chi connectivity index (χ0n) is 11.4. The summed E-state index contributed by atoms with van der Waals surface area (Å²) in [5.41, 5.74) is 1.78. The lowest BCUT2D eigenvalue weighted by Gasteiger charge is -2.18. The van der Waals surface area contributed by atoms with Crippen LogP contribution in [-0.2, 0) is 9.59 Å². The highest BCUT2D eigenvalue weighted by molar-refractivity contribution is 6.21. The van der Waals surface area contributed by atoms with Gasteiger partial charge in [0.25, 0.3) is 0 Å². The van der Waals surface area contributed by atoms with Gasteiger partial charge in [-0.25, -0.2) is 0 Å². The number of aliphatic hydroxyl groups excluding tert-OH is 1. The third-order valence-electron chi connectivity index (χ3n) is 3.09. The number of ketones is 2. The minimum atomic E-state index is -0.432. The summed E-state index contributed by atoms with van der Waals surface area (Å²) in [4.78, 5) is 23.5. The van der Waals surface area contributed by atoms with Gasteiger partial charge in [-0.3, -0.25) is 9.59 Å². The van der Waals surface area contributed by atoms with E-state index in [0.717, 1.165) is 12.8 Å². The molecule has 0 aromatic carbocycles. The summed E-state index contributed by atoms with van der Waals surface area (Å²) < 4.78 is 0. The molecule has 3 heteroatoms. The molecule has 0 radical (unpaired) electrons. The molecule has 3 nitrogen and oxygen atoms in total. The molecule has 0 saturated carbocycles. The highest BCUT2D eigenvalue weighted by atomic mass is 16.3. The zero-order valence-corrected chi connectivity index (χ0v) is 11.4. The van der Waals surface area contributed by atoms with Gasteiger partial charge in [0.1, 0.15) is 0 Å². The molecule has 0 aromatic heterocycles. The van der Waals surface area contributed by atoms with Gasteiger partial charge in [0, 0.05) is 11.1 Å². The van der Waals surface area contributed by atoms with Crippen LogP contribution in [0.15, 0.2) is 34.6 Å². The molecule has 0 aromatic rings. The molecule has 1 rings (SSSR count). The van der Waals surface area contributed by atoms with E-state index in [4.69, 9.17) is 0 Å². The molecule has 0 amide bonds. The summed E-state index contributed by atoms with van der Waals surface area (Å²) in [6.07, 6.45) is 4.99.